The third kappa shape index (κ3) is 2.49. The summed E-state index contributed by atoms with van der Waals surface area (Å²) in [6, 6.07) is 0.596. The van der Waals surface area contributed by atoms with Crippen molar-refractivity contribution in [2.45, 2.75) is 56.6 Å². The van der Waals surface area contributed by atoms with E-state index in [1.165, 1.54) is 38.5 Å². The summed E-state index contributed by atoms with van der Waals surface area (Å²) in [4.78, 5) is 0. The zero-order valence-corrected chi connectivity index (χ0v) is 10.5. The lowest BCUT2D eigenvalue weighted by atomic mass is 9.80. The van der Waals surface area contributed by atoms with E-state index in [1.807, 2.05) is 6.08 Å². The van der Waals surface area contributed by atoms with Crippen molar-refractivity contribution in [2.24, 2.45) is 5.92 Å². The van der Waals surface area contributed by atoms with Crippen LogP contribution in [-0.4, -0.2) is 25.3 Å². The number of rotatable bonds is 4. The van der Waals surface area contributed by atoms with Gasteiger partial charge in [0.15, 0.2) is 0 Å². The summed E-state index contributed by atoms with van der Waals surface area (Å²) in [7, 11) is 2.07. The van der Waals surface area contributed by atoms with Crippen LogP contribution in [0.2, 0.25) is 0 Å². The number of nitrogens with one attached hydrogen (secondary N) is 1. The van der Waals surface area contributed by atoms with Crippen molar-refractivity contribution >= 4 is 0 Å². The fourth-order valence-electron chi connectivity index (χ4n) is 3.50. The fraction of sp³-hybridized carbons (Fsp3) is 0.857. The Kier molecular flexibility index (Phi) is 4.04. The van der Waals surface area contributed by atoms with Gasteiger partial charge in [0, 0.05) is 12.6 Å². The van der Waals surface area contributed by atoms with Gasteiger partial charge in [-0.15, -0.1) is 6.58 Å². The average Bonchev–Trinajstić information content (AvgIpc) is 2.74. The Hall–Kier alpha value is -0.340. The predicted molar refractivity (Wildman–Crippen MR) is 67.5 cm³/mol. The Morgan fingerprint density at radius 2 is 2.25 bits per heavy atom. The first-order valence-electron chi connectivity index (χ1n) is 6.72. The summed E-state index contributed by atoms with van der Waals surface area (Å²) in [5.41, 5.74) is 0.249. The fourth-order valence-corrected chi connectivity index (χ4v) is 3.50. The van der Waals surface area contributed by atoms with E-state index >= 15 is 0 Å². The van der Waals surface area contributed by atoms with Crippen LogP contribution in [0.1, 0.15) is 44.9 Å². The van der Waals surface area contributed by atoms with E-state index in [0.717, 1.165) is 18.9 Å². The Balaban J connectivity index is 1.97. The Labute approximate surface area is 99.4 Å². The van der Waals surface area contributed by atoms with Gasteiger partial charge in [-0.2, -0.15) is 0 Å². The zero-order valence-electron chi connectivity index (χ0n) is 10.5. The molecule has 2 nitrogen and oxygen atoms in total. The molecule has 2 fully saturated rings. The van der Waals surface area contributed by atoms with Crippen molar-refractivity contribution < 1.29 is 4.74 Å². The molecule has 1 spiro atoms. The molecular weight excluding hydrogens is 198 g/mol. The molecule has 1 N–H and O–H groups in total. The minimum atomic E-state index is 0.249. The van der Waals surface area contributed by atoms with Gasteiger partial charge in [-0.25, -0.2) is 0 Å². The molecule has 2 aliphatic rings. The molecule has 0 aromatic heterocycles. The number of ether oxygens (including phenoxy) is 1. The molecule has 1 heterocycles. The summed E-state index contributed by atoms with van der Waals surface area (Å²) in [5, 5.41) is 3.45. The van der Waals surface area contributed by atoms with Crippen LogP contribution in [0, 0.1) is 5.92 Å². The first kappa shape index (κ1) is 12.1. The smallest absolute Gasteiger partial charge is 0.0685 e. The molecule has 1 aliphatic carbocycles. The molecule has 1 saturated heterocycles. The topological polar surface area (TPSA) is 21.3 Å². The largest absolute Gasteiger partial charge is 0.375 e. The second kappa shape index (κ2) is 5.33. The Bertz CT molecular complexity index is 233. The maximum Gasteiger partial charge on any atom is 0.0685 e. The first-order chi connectivity index (χ1) is 7.79. The van der Waals surface area contributed by atoms with E-state index in [1.54, 1.807) is 0 Å². The van der Waals surface area contributed by atoms with Gasteiger partial charge in [0.05, 0.1) is 5.60 Å². The molecule has 1 saturated carbocycles. The zero-order chi connectivity index (χ0) is 11.4. The maximum atomic E-state index is 6.08. The van der Waals surface area contributed by atoms with E-state index < -0.39 is 0 Å². The van der Waals surface area contributed by atoms with Gasteiger partial charge in [0.1, 0.15) is 0 Å². The van der Waals surface area contributed by atoms with Crippen LogP contribution < -0.4 is 5.32 Å². The molecule has 0 aromatic rings. The molecule has 2 atom stereocenters. The van der Waals surface area contributed by atoms with E-state index in [-0.39, 0.29) is 5.60 Å². The van der Waals surface area contributed by atoms with Gasteiger partial charge >= 0.3 is 0 Å². The summed E-state index contributed by atoms with van der Waals surface area (Å²) in [6.45, 7) is 4.82. The molecule has 1 aliphatic heterocycles. The van der Waals surface area contributed by atoms with E-state index in [9.17, 15) is 0 Å². The van der Waals surface area contributed by atoms with Gasteiger partial charge in [-0.3, -0.25) is 0 Å². The molecule has 0 bridgehead atoms. The second-order valence-corrected chi connectivity index (χ2v) is 5.41. The van der Waals surface area contributed by atoms with Crippen molar-refractivity contribution in [1.29, 1.82) is 0 Å². The molecule has 2 unspecified atom stereocenters. The van der Waals surface area contributed by atoms with Crippen LogP contribution in [0.5, 0.6) is 0 Å². The summed E-state index contributed by atoms with van der Waals surface area (Å²) in [6.07, 6.45) is 10.9. The van der Waals surface area contributed by atoms with E-state index in [4.69, 9.17) is 4.74 Å². The molecule has 0 radical (unpaired) electrons. The molecule has 0 amide bonds. The highest BCUT2D eigenvalue weighted by Crippen LogP contribution is 2.43. The van der Waals surface area contributed by atoms with E-state index in [0.29, 0.717) is 6.04 Å². The monoisotopic (exact) mass is 223 g/mol. The van der Waals surface area contributed by atoms with E-state index in [2.05, 4.69) is 18.9 Å². The van der Waals surface area contributed by atoms with Gasteiger partial charge in [0.25, 0.3) is 0 Å². The molecule has 2 heteroatoms. The Morgan fingerprint density at radius 3 is 2.88 bits per heavy atom. The van der Waals surface area contributed by atoms with Crippen molar-refractivity contribution in [3.63, 3.8) is 0 Å². The van der Waals surface area contributed by atoms with Crippen molar-refractivity contribution in [2.75, 3.05) is 13.7 Å². The Morgan fingerprint density at radius 1 is 1.50 bits per heavy atom. The van der Waals surface area contributed by atoms with Crippen LogP contribution in [0.4, 0.5) is 0 Å². The molecule has 2 rings (SSSR count). The van der Waals surface area contributed by atoms with Gasteiger partial charge in [-0.05, 0) is 45.1 Å². The van der Waals surface area contributed by atoms with Crippen LogP contribution in [0.25, 0.3) is 0 Å². The van der Waals surface area contributed by atoms with Crippen LogP contribution >= 0.6 is 0 Å². The quantitative estimate of drug-likeness (QED) is 0.740. The summed E-state index contributed by atoms with van der Waals surface area (Å²) in [5.74, 6) is 0.773. The highest BCUT2D eigenvalue weighted by Gasteiger charge is 2.41. The van der Waals surface area contributed by atoms with Crippen molar-refractivity contribution in [3.8, 4) is 0 Å². The van der Waals surface area contributed by atoms with Crippen molar-refractivity contribution in [1.82, 2.24) is 5.32 Å². The summed E-state index contributed by atoms with van der Waals surface area (Å²) >= 11 is 0. The number of hydrogen-bond acceptors (Lipinski definition) is 2. The number of hydrogen-bond donors (Lipinski definition) is 1. The van der Waals surface area contributed by atoms with Crippen LogP contribution in [0.3, 0.4) is 0 Å². The standard InChI is InChI=1S/C14H25NO/c1-3-6-13(15-2)12-7-10-16-14(11-12)8-4-5-9-14/h3,12-13,15H,1,4-11H2,2H3. The second-order valence-electron chi connectivity index (χ2n) is 5.41. The summed E-state index contributed by atoms with van der Waals surface area (Å²) < 4.78 is 6.08. The lowest BCUT2D eigenvalue weighted by Gasteiger charge is -2.41. The predicted octanol–water partition coefficient (Wildman–Crippen LogP) is 2.89. The molecule has 0 aromatic carbocycles. The third-order valence-electron chi connectivity index (χ3n) is 4.41. The normalized spacial score (nSPS) is 30.4. The molecule has 16 heavy (non-hydrogen) atoms. The highest BCUT2D eigenvalue weighted by atomic mass is 16.5. The minimum Gasteiger partial charge on any atom is -0.375 e. The van der Waals surface area contributed by atoms with Crippen molar-refractivity contribution in [3.05, 3.63) is 12.7 Å². The van der Waals surface area contributed by atoms with Gasteiger partial charge < -0.3 is 10.1 Å². The first-order valence-corrected chi connectivity index (χ1v) is 6.72. The lowest BCUT2D eigenvalue weighted by Crippen LogP contribution is -2.44. The lowest BCUT2D eigenvalue weighted by molar-refractivity contribution is -0.0974. The van der Waals surface area contributed by atoms with Gasteiger partial charge in [0.2, 0.25) is 0 Å². The van der Waals surface area contributed by atoms with Gasteiger partial charge in [-0.1, -0.05) is 18.9 Å². The molecular formula is C14H25NO. The minimum absolute atomic E-state index is 0.249. The van der Waals surface area contributed by atoms with Crippen LogP contribution in [0.15, 0.2) is 12.7 Å². The van der Waals surface area contributed by atoms with Crippen LogP contribution in [-0.2, 0) is 4.74 Å². The molecule has 92 valence electrons. The highest BCUT2D eigenvalue weighted by molar-refractivity contribution is 4.95. The third-order valence-corrected chi connectivity index (χ3v) is 4.41. The maximum absolute atomic E-state index is 6.08. The SMILES string of the molecule is C=CCC(NC)C1CCOC2(CCCC2)C1. The average molecular weight is 223 g/mol.